The highest BCUT2D eigenvalue weighted by atomic mass is 16.5. The van der Waals surface area contributed by atoms with Crippen LogP contribution in [0.25, 0.3) is 22.0 Å². The lowest BCUT2D eigenvalue weighted by atomic mass is 10.0. The van der Waals surface area contributed by atoms with Crippen molar-refractivity contribution in [2.24, 2.45) is 0 Å². The van der Waals surface area contributed by atoms with Crippen LogP contribution in [0.2, 0.25) is 0 Å². The Hall–Kier alpha value is -2.55. The van der Waals surface area contributed by atoms with Crippen molar-refractivity contribution >= 4 is 16.9 Å². The zero-order valence-electron chi connectivity index (χ0n) is 11.4. The molecule has 0 saturated heterocycles. The van der Waals surface area contributed by atoms with Crippen LogP contribution in [0, 0.1) is 6.92 Å². The molecule has 0 saturated carbocycles. The van der Waals surface area contributed by atoms with E-state index < -0.39 is 0 Å². The molecule has 0 aliphatic rings. The molecule has 3 aromatic rings. The van der Waals surface area contributed by atoms with Gasteiger partial charge in [-0.3, -0.25) is 0 Å². The monoisotopic (exact) mass is 265 g/mol. The molecule has 0 bridgehead atoms. The number of ether oxygens (including phenoxy) is 1. The van der Waals surface area contributed by atoms with E-state index in [1.54, 1.807) is 12.1 Å². The highest BCUT2D eigenvalue weighted by molar-refractivity contribution is 5.98. The fraction of sp³-hybridized carbons (Fsp3) is 0.118. The fourth-order valence-corrected chi connectivity index (χ4v) is 2.54. The summed E-state index contributed by atoms with van der Waals surface area (Å²) in [6.07, 6.45) is 0. The van der Waals surface area contributed by atoms with E-state index in [0.29, 0.717) is 5.56 Å². The van der Waals surface area contributed by atoms with Crippen molar-refractivity contribution in [1.29, 1.82) is 0 Å². The number of fused-ring (bicyclic) bond motifs is 1. The molecule has 1 N–H and O–H groups in total. The largest absolute Gasteiger partial charge is 0.465 e. The van der Waals surface area contributed by atoms with Gasteiger partial charge in [0.05, 0.1) is 12.7 Å². The summed E-state index contributed by atoms with van der Waals surface area (Å²) in [5, 5.41) is 1.19. The first-order chi connectivity index (χ1) is 9.70. The number of H-pyrrole nitrogens is 1. The summed E-state index contributed by atoms with van der Waals surface area (Å²) in [7, 11) is 1.39. The zero-order valence-corrected chi connectivity index (χ0v) is 11.4. The number of aryl methyl sites for hydroxylation is 1. The molecular weight excluding hydrogens is 250 g/mol. The van der Waals surface area contributed by atoms with Gasteiger partial charge in [-0.25, -0.2) is 4.79 Å². The van der Waals surface area contributed by atoms with Crippen LogP contribution >= 0.6 is 0 Å². The van der Waals surface area contributed by atoms with Crippen LogP contribution in [-0.4, -0.2) is 18.1 Å². The van der Waals surface area contributed by atoms with Crippen molar-refractivity contribution in [3.05, 3.63) is 59.8 Å². The van der Waals surface area contributed by atoms with E-state index in [-0.39, 0.29) is 5.97 Å². The van der Waals surface area contributed by atoms with E-state index in [2.05, 4.69) is 24.0 Å². The summed E-state index contributed by atoms with van der Waals surface area (Å²) in [4.78, 5) is 14.8. The molecule has 1 heterocycles. The van der Waals surface area contributed by atoms with Gasteiger partial charge in [0.25, 0.3) is 0 Å². The third-order valence-electron chi connectivity index (χ3n) is 3.49. The van der Waals surface area contributed by atoms with Gasteiger partial charge >= 0.3 is 5.97 Å². The predicted octanol–water partition coefficient (Wildman–Crippen LogP) is 3.93. The molecule has 0 aliphatic heterocycles. The maximum atomic E-state index is 11.5. The van der Waals surface area contributed by atoms with Crippen LogP contribution in [0.3, 0.4) is 0 Å². The normalized spacial score (nSPS) is 10.7. The second-order valence-electron chi connectivity index (χ2n) is 4.74. The summed E-state index contributed by atoms with van der Waals surface area (Å²) < 4.78 is 4.72. The molecule has 3 nitrogen and oxygen atoms in total. The Kier molecular flexibility index (Phi) is 3.03. The number of hydrogen-bond acceptors (Lipinski definition) is 2. The molecule has 0 unspecified atom stereocenters. The van der Waals surface area contributed by atoms with Crippen molar-refractivity contribution in [3.8, 4) is 11.1 Å². The Morgan fingerprint density at radius 1 is 1.05 bits per heavy atom. The average Bonchev–Trinajstić information content (AvgIpc) is 2.82. The van der Waals surface area contributed by atoms with E-state index in [4.69, 9.17) is 4.74 Å². The molecule has 100 valence electrons. The van der Waals surface area contributed by atoms with Gasteiger partial charge in [0.2, 0.25) is 0 Å². The topological polar surface area (TPSA) is 42.1 Å². The lowest BCUT2D eigenvalue weighted by molar-refractivity contribution is 0.0601. The molecule has 3 rings (SSSR count). The van der Waals surface area contributed by atoms with Gasteiger partial charge in [-0.2, -0.15) is 0 Å². The predicted molar refractivity (Wildman–Crippen MR) is 79.8 cm³/mol. The summed E-state index contributed by atoms with van der Waals surface area (Å²) in [5.41, 5.74) is 5.08. The Morgan fingerprint density at radius 3 is 2.45 bits per heavy atom. The van der Waals surface area contributed by atoms with Gasteiger partial charge in [-0.1, -0.05) is 30.3 Å². The van der Waals surface area contributed by atoms with Crippen molar-refractivity contribution in [2.75, 3.05) is 7.11 Å². The van der Waals surface area contributed by atoms with Gasteiger partial charge in [-0.05, 0) is 30.7 Å². The molecule has 0 amide bonds. The number of hydrogen-bond donors (Lipinski definition) is 1. The SMILES string of the molecule is COC(=O)c1ccc(-c2c(C)[nH]c3ccccc23)cc1. The molecule has 3 heteroatoms. The number of para-hydroxylation sites is 1. The van der Waals surface area contributed by atoms with E-state index >= 15 is 0 Å². The van der Waals surface area contributed by atoms with E-state index in [1.807, 2.05) is 24.3 Å². The Balaban J connectivity index is 2.11. The highest BCUT2D eigenvalue weighted by Crippen LogP contribution is 2.32. The molecule has 0 atom stereocenters. The number of carbonyl (C=O) groups excluding carboxylic acids is 1. The van der Waals surface area contributed by atoms with Crippen LogP contribution in [0.15, 0.2) is 48.5 Å². The van der Waals surface area contributed by atoms with Crippen molar-refractivity contribution in [3.63, 3.8) is 0 Å². The van der Waals surface area contributed by atoms with Gasteiger partial charge in [-0.15, -0.1) is 0 Å². The minimum absolute atomic E-state index is 0.313. The van der Waals surface area contributed by atoms with E-state index in [0.717, 1.165) is 16.8 Å². The van der Waals surface area contributed by atoms with E-state index in [9.17, 15) is 4.79 Å². The smallest absolute Gasteiger partial charge is 0.337 e. The highest BCUT2D eigenvalue weighted by Gasteiger charge is 2.11. The molecule has 20 heavy (non-hydrogen) atoms. The number of nitrogens with one attached hydrogen (secondary N) is 1. The minimum Gasteiger partial charge on any atom is -0.465 e. The average molecular weight is 265 g/mol. The first-order valence-electron chi connectivity index (χ1n) is 6.47. The molecule has 0 fully saturated rings. The second-order valence-corrected chi connectivity index (χ2v) is 4.74. The maximum absolute atomic E-state index is 11.5. The van der Waals surface area contributed by atoms with Crippen molar-refractivity contribution in [1.82, 2.24) is 4.98 Å². The van der Waals surface area contributed by atoms with Crippen LogP contribution in [0.1, 0.15) is 16.1 Å². The number of rotatable bonds is 2. The molecule has 1 aromatic heterocycles. The van der Waals surface area contributed by atoms with Crippen LogP contribution in [0.5, 0.6) is 0 Å². The second kappa shape index (κ2) is 4.85. The molecular formula is C17H15NO2. The standard InChI is InChI=1S/C17H15NO2/c1-11-16(14-5-3-4-6-15(14)18-11)12-7-9-13(10-8-12)17(19)20-2/h3-10,18H,1-2H3. The van der Waals surface area contributed by atoms with Gasteiger partial charge in [0, 0.05) is 22.2 Å². The molecule has 0 aliphatic carbocycles. The quantitative estimate of drug-likeness (QED) is 0.713. The van der Waals surface area contributed by atoms with Gasteiger partial charge in [0.15, 0.2) is 0 Å². The lowest BCUT2D eigenvalue weighted by Crippen LogP contribution is -2.00. The third-order valence-corrected chi connectivity index (χ3v) is 3.49. The van der Waals surface area contributed by atoms with Crippen molar-refractivity contribution < 1.29 is 9.53 Å². The van der Waals surface area contributed by atoms with Crippen LogP contribution in [0.4, 0.5) is 0 Å². The summed E-state index contributed by atoms with van der Waals surface area (Å²) in [6.45, 7) is 2.06. The summed E-state index contributed by atoms with van der Waals surface area (Å²) >= 11 is 0. The first kappa shape index (κ1) is 12.5. The minimum atomic E-state index is -0.313. The zero-order chi connectivity index (χ0) is 14.1. The fourth-order valence-electron chi connectivity index (χ4n) is 2.54. The first-order valence-corrected chi connectivity index (χ1v) is 6.47. The van der Waals surface area contributed by atoms with E-state index in [1.165, 1.54) is 18.1 Å². The third kappa shape index (κ3) is 1.97. The Morgan fingerprint density at radius 2 is 1.75 bits per heavy atom. The Bertz CT molecular complexity index is 769. The maximum Gasteiger partial charge on any atom is 0.337 e. The van der Waals surface area contributed by atoms with Crippen molar-refractivity contribution in [2.45, 2.75) is 6.92 Å². The number of aromatic amines is 1. The number of esters is 1. The number of benzene rings is 2. The number of aromatic nitrogens is 1. The number of carbonyl (C=O) groups is 1. The van der Waals surface area contributed by atoms with Gasteiger partial charge in [0.1, 0.15) is 0 Å². The lowest BCUT2D eigenvalue weighted by Gasteiger charge is -2.04. The molecule has 0 spiro atoms. The van der Waals surface area contributed by atoms with Crippen LogP contribution in [-0.2, 0) is 4.74 Å². The van der Waals surface area contributed by atoms with Crippen LogP contribution < -0.4 is 0 Å². The van der Waals surface area contributed by atoms with Gasteiger partial charge < -0.3 is 9.72 Å². The molecule has 2 aromatic carbocycles. The summed E-state index contributed by atoms with van der Waals surface area (Å²) in [6, 6.07) is 15.7. The Labute approximate surface area is 117 Å². The molecule has 0 radical (unpaired) electrons. The summed E-state index contributed by atoms with van der Waals surface area (Å²) in [5.74, 6) is -0.313. The number of methoxy groups -OCH3 is 1.